The third-order valence-electron chi connectivity index (χ3n) is 7.87. The van der Waals surface area contributed by atoms with Crippen LogP contribution in [0.25, 0.3) is 6.08 Å². The standard InChI is InChI=1S/C37H36IN3O5S/c1-6-10-29-32(36(43)45-7-2)33(25-15-13-24(14-16-25)22(3)4)41-35(42)31(47-37(41)40-29)19-23-17-28(38)34(30(18-23)44-5)46-21-27-12-9-8-11-26(27)20-39/h8-9,11-19,22,33H,6-7,10,21H2,1-5H3/b31-19-/t33-/m0/s1. The van der Waals surface area contributed by atoms with Gasteiger partial charge in [-0.05, 0) is 82.8 Å². The number of allylic oxidation sites excluding steroid dienone is 1. The van der Waals surface area contributed by atoms with Crippen molar-refractivity contribution in [3.8, 4) is 17.6 Å². The summed E-state index contributed by atoms with van der Waals surface area (Å²) in [5.74, 6) is 0.932. The molecule has 2 heterocycles. The summed E-state index contributed by atoms with van der Waals surface area (Å²) >= 11 is 3.48. The highest BCUT2D eigenvalue weighted by atomic mass is 127. The maximum atomic E-state index is 14.2. The van der Waals surface area contributed by atoms with Gasteiger partial charge in [0, 0.05) is 5.56 Å². The maximum absolute atomic E-state index is 14.2. The molecule has 0 aliphatic carbocycles. The Bertz CT molecular complexity index is 2060. The van der Waals surface area contributed by atoms with Crippen LogP contribution in [0.2, 0.25) is 0 Å². The van der Waals surface area contributed by atoms with E-state index in [4.69, 9.17) is 19.2 Å². The van der Waals surface area contributed by atoms with Gasteiger partial charge in [0.1, 0.15) is 6.61 Å². The molecule has 0 spiro atoms. The highest BCUT2D eigenvalue weighted by molar-refractivity contribution is 14.1. The predicted octanol–water partition coefficient (Wildman–Crippen LogP) is 6.77. The van der Waals surface area contributed by atoms with Gasteiger partial charge in [0.05, 0.1) is 50.8 Å². The van der Waals surface area contributed by atoms with Crippen molar-refractivity contribution >= 4 is 46.0 Å². The van der Waals surface area contributed by atoms with Gasteiger partial charge in [-0.1, -0.05) is 81.0 Å². The average molecular weight is 762 g/mol. The Morgan fingerprint density at radius 1 is 1.15 bits per heavy atom. The number of thiazole rings is 1. The smallest absolute Gasteiger partial charge is 0.338 e. The van der Waals surface area contributed by atoms with E-state index >= 15 is 0 Å². The first-order valence-corrected chi connectivity index (χ1v) is 17.4. The van der Waals surface area contributed by atoms with Crippen LogP contribution in [-0.4, -0.2) is 24.3 Å². The van der Waals surface area contributed by atoms with Crippen LogP contribution >= 0.6 is 33.9 Å². The summed E-state index contributed by atoms with van der Waals surface area (Å²) in [5, 5.41) is 9.46. The molecule has 47 heavy (non-hydrogen) atoms. The molecule has 0 unspecified atom stereocenters. The van der Waals surface area contributed by atoms with Crippen molar-refractivity contribution in [3.63, 3.8) is 0 Å². The Balaban J connectivity index is 1.61. The van der Waals surface area contributed by atoms with Gasteiger partial charge in [0.2, 0.25) is 0 Å². The normalized spacial score (nSPS) is 14.4. The Morgan fingerprint density at radius 3 is 2.55 bits per heavy atom. The van der Waals surface area contributed by atoms with Crippen LogP contribution in [0, 0.1) is 14.9 Å². The number of halogens is 1. The second kappa shape index (κ2) is 15.1. The van der Waals surface area contributed by atoms with E-state index in [1.165, 1.54) is 16.9 Å². The number of carbonyl (C=O) groups excluding carboxylic acids is 1. The van der Waals surface area contributed by atoms with Crippen LogP contribution in [-0.2, 0) is 16.1 Å². The Morgan fingerprint density at radius 2 is 1.89 bits per heavy atom. The Hall–Kier alpha value is -4.21. The molecule has 0 radical (unpaired) electrons. The molecular weight excluding hydrogens is 725 g/mol. The number of nitriles is 1. The molecule has 4 aromatic rings. The fraction of sp³-hybridized carbons (Fsp3) is 0.297. The number of aromatic nitrogens is 1. The number of nitrogens with zero attached hydrogens (tertiary/aromatic N) is 3. The van der Waals surface area contributed by atoms with Crippen LogP contribution < -0.4 is 24.4 Å². The Labute approximate surface area is 291 Å². The molecule has 1 aliphatic rings. The van der Waals surface area contributed by atoms with E-state index in [0.717, 1.165) is 26.7 Å². The number of esters is 1. The fourth-order valence-corrected chi connectivity index (χ4v) is 7.32. The summed E-state index contributed by atoms with van der Waals surface area (Å²) in [7, 11) is 1.57. The molecule has 1 atom stereocenters. The van der Waals surface area contributed by atoms with E-state index < -0.39 is 12.0 Å². The van der Waals surface area contributed by atoms with Crippen LogP contribution in [0.3, 0.4) is 0 Å². The zero-order chi connectivity index (χ0) is 33.7. The zero-order valence-electron chi connectivity index (χ0n) is 27.0. The van der Waals surface area contributed by atoms with Crippen molar-refractivity contribution < 1.29 is 19.0 Å². The van der Waals surface area contributed by atoms with Crippen molar-refractivity contribution in [2.75, 3.05) is 13.7 Å². The third-order valence-corrected chi connectivity index (χ3v) is 9.65. The largest absolute Gasteiger partial charge is 0.493 e. The summed E-state index contributed by atoms with van der Waals surface area (Å²) in [6.07, 6.45) is 3.18. The lowest BCUT2D eigenvalue weighted by Crippen LogP contribution is -2.40. The van der Waals surface area contributed by atoms with E-state index in [0.29, 0.717) is 50.0 Å². The minimum Gasteiger partial charge on any atom is -0.493 e. The lowest BCUT2D eigenvalue weighted by atomic mass is 9.92. The molecule has 10 heteroatoms. The lowest BCUT2D eigenvalue weighted by Gasteiger charge is -2.26. The van der Waals surface area contributed by atoms with Crippen molar-refractivity contribution in [3.05, 3.63) is 123 Å². The molecule has 3 aromatic carbocycles. The molecule has 0 fully saturated rings. The van der Waals surface area contributed by atoms with Crippen molar-refractivity contribution in [1.82, 2.24) is 4.57 Å². The van der Waals surface area contributed by atoms with Gasteiger partial charge in [-0.25, -0.2) is 9.79 Å². The topological polar surface area (TPSA) is 103 Å². The second-order valence-electron chi connectivity index (χ2n) is 11.3. The number of ether oxygens (including phenoxy) is 3. The van der Waals surface area contributed by atoms with E-state index in [-0.39, 0.29) is 18.8 Å². The van der Waals surface area contributed by atoms with Crippen molar-refractivity contribution in [2.24, 2.45) is 4.99 Å². The van der Waals surface area contributed by atoms with Gasteiger partial charge in [-0.2, -0.15) is 5.26 Å². The maximum Gasteiger partial charge on any atom is 0.338 e. The summed E-state index contributed by atoms with van der Waals surface area (Å²) in [6.45, 7) is 8.49. The van der Waals surface area contributed by atoms with E-state index in [9.17, 15) is 14.9 Å². The minimum atomic E-state index is -0.669. The number of fused-ring (bicyclic) bond motifs is 1. The molecule has 0 N–H and O–H groups in total. The lowest BCUT2D eigenvalue weighted by molar-refractivity contribution is -0.139. The first-order valence-electron chi connectivity index (χ1n) is 15.5. The zero-order valence-corrected chi connectivity index (χ0v) is 30.0. The number of hydrogen-bond donors (Lipinski definition) is 0. The van der Waals surface area contributed by atoms with Gasteiger partial charge in [0.25, 0.3) is 5.56 Å². The van der Waals surface area contributed by atoms with Gasteiger partial charge >= 0.3 is 5.97 Å². The first-order chi connectivity index (χ1) is 22.7. The molecule has 8 nitrogen and oxygen atoms in total. The number of benzene rings is 3. The van der Waals surface area contributed by atoms with Crippen LogP contribution in [0.4, 0.5) is 0 Å². The van der Waals surface area contributed by atoms with Gasteiger partial charge in [0.15, 0.2) is 16.3 Å². The number of rotatable bonds is 11. The summed E-state index contributed by atoms with van der Waals surface area (Å²) in [4.78, 5) is 33.1. The minimum absolute atomic E-state index is 0.203. The predicted molar refractivity (Wildman–Crippen MR) is 191 cm³/mol. The molecule has 0 saturated heterocycles. The molecule has 0 saturated carbocycles. The highest BCUT2D eigenvalue weighted by Gasteiger charge is 2.34. The highest BCUT2D eigenvalue weighted by Crippen LogP contribution is 2.36. The fourth-order valence-electron chi connectivity index (χ4n) is 5.52. The van der Waals surface area contributed by atoms with E-state index in [2.05, 4.69) is 54.6 Å². The summed E-state index contributed by atoms with van der Waals surface area (Å²) in [6, 6.07) is 20.7. The van der Waals surface area contributed by atoms with Gasteiger partial charge in [-0.3, -0.25) is 9.36 Å². The third kappa shape index (κ3) is 7.21. The monoisotopic (exact) mass is 761 g/mol. The average Bonchev–Trinajstić information content (AvgIpc) is 3.37. The molecule has 0 bridgehead atoms. The molecule has 1 aromatic heterocycles. The van der Waals surface area contributed by atoms with Crippen LogP contribution in [0.15, 0.2) is 81.7 Å². The molecule has 0 amide bonds. The number of carbonyl (C=O) groups is 1. The van der Waals surface area contributed by atoms with Crippen molar-refractivity contribution in [2.45, 2.75) is 59.1 Å². The molecule has 242 valence electrons. The number of hydrogen-bond acceptors (Lipinski definition) is 8. The van der Waals surface area contributed by atoms with E-state index in [1.807, 2.05) is 55.5 Å². The summed E-state index contributed by atoms with van der Waals surface area (Å²) < 4.78 is 20.2. The summed E-state index contributed by atoms with van der Waals surface area (Å²) in [5.41, 5.74) is 4.87. The van der Waals surface area contributed by atoms with Crippen LogP contribution in [0.5, 0.6) is 11.5 Å². The second-order valence-corrected chi connectivity index (χ2v) is 13.5. The van der Waals surface area contributed by atoms with Crippen molar-refractivity contribution in [1.29, 1.82) is 5.26 Å². The SMILES string of the molecule is CCCC1=C(C(=O)OCC)[C@H](c2ccc(C(C)C)cc2)n2c(s/c(=C\c3cc(I)c(OCc4ccccc4C#N)c(OC)c3)c2=O)=N1. The quantitative estimate of drug-likeness (QED) is 0.124. The molecule has 1 aliphatic heterocycles. The van der Waals surface area contributed by atoms with Gasteiger partial charge < -0.3 is 14.2 Å². The Kier molecular flexibility index (Phi) is 11.0. The molecule has 5 rings (SSSR count). The van der Waals surface area contributed by atoms with E-state index in [1.54, 1.807) is 24.7 Å². The molecular formula is C37H36IN3O5S. The number of methoxy groups -OCH3 is 1. The van der Waals surface area contributed by atoms with Gasteiger partial charge in [-0.15, -0.1) is 0 Å². The first kappa shape index (κ1) is 34.1. The van der Waals surface area contributed by atoms with Crippen LogP contribution in [0.1, 0.15) is 80.3 Å².